The van der Waals surface area contributed by atoms with Crippen LogP contribution in [-0.4, -0.2) is 46.7 Å². The van der Waals surface area contributed by atoms with Gasteiger partial charge in [-0.25, -0.2) is 9.50 Å². The highest BCUT2D eigenvalue weighted by Gasteiger charge is 2.26. The van der Waals surface area contributed by atoms with E-state index in [9.17, 15) is 4.79 Å². The van der Waals surface area contributed by atoms with E-state index < -0.39 is 0 Å². The number of nitrogens with one attached hydrogen (secondary N) is 1. The highest BCUT2D eigenvalue weighted by Crippen LogP contribution is 2.31. The van der Waals surface area contributed by atoms with Gasteiger partial charge >= 0.3 is 0 Å². The zero-order valence-electron chi connectivity index (χ0n) is 16.7. The van der Waals surface area contributed by atoms with Crippen LogP contribution in [0.2, 0.25) is 0 Å². The molecule has 1 aliphatic heterocycles. The predicted octanol–water partition coefficient (Wildman–Crippen LogP) is 2.74. The van der Waals surface area contributed by atoms with Crippen molar-refractivity contribution < 1.29 is 9.53 Å². The van der Waals surface area contributed by atoms with Gasteiger partial charge in [0.15, 0.2) is 5.65 Å². The van der Waals surface area contributed by atoms with Gasteiger partial charge < -0.3 is 15.0 Å². The maximum atomic E-state index is 11.4. The van der Waals surface area contributed by atoms with Crippen molar-refractivity contribution in [3.05, 3.63) is 41.7 Å². The molecule has 0 saturated carbocycles. The van der Waals surface area contributed by atoms with E-state index in [4.69, 9.17) is 14.8 Å². The molecule has 0 aliphatic carbocycles. The molecule has 0 spiro atoms. The largest absolute Gasteiger partial charge is 0.497 e. The van der Waals surface area contributed by atoms with E-state index in [1.165, 1.54) is 0 Å². The number of methoxy groups -OCH3 is 1. The van der Waals surface area contributed by atoms with Crippen molar-refractivity contribution in [2.24, 2.45) is 0 Å². The molecule has 1 fully saturated rings. The summed E-state index contributed by atoms with van der Waals surface area (Å²) < 4.78 is 7.21. The average molecular weight is 379 g/mol. The Morgan fingerprint density at radius 3 is 2.68 bits per heavy atom. The first-order valence-electron chi connectivity index (χ1n) is 9.49. The summed E-state index contributed by atoms with van der Waals surface area (Å²) in [6.45, 7) is 7.24. The Morgan fingerprint density at radius 2 is 2.00 bits per heavy atom. The maximum Gasteiger partial charge on any atom is 0.217 e. The number of aromatic nitrogens is 3. The van der Waals surface area contributed by atoms with Crippen LogP contribution in [0.4, 0.5) is 5.69 Å². The van der Waals surface area contributed by atoms with Gasteiger partial charge in [0, 0.05) is 31.6 Å². The van der Waals surface area contributed by atoms with Crippen LogP contribution in [0, 0.1) is 13.8 Å². The first kappa shape index (κ1) is 18.3. The number of amides is 1. The number of carbonyl (C=O) groups is 1. The van der Waals surface area contributed by atoms with Gasteiger partial charge in [0.2, 0.25) is 5.91 Å². The number of hydrogen-bond donors (Lipinski definition) is 1. The van der Waals surface area contributed by atoms with Gasteiger partial charge in [0.1, 0.15) is 5.75 Å². The second kappa shape index (κ2) is 7.14. The third-order valence-electron chi connectivity index (χ3n) is 5.16. The first-order chi connectivity index (χ1) is 13.5. The van der Waals surface area contributed by atoms with E-state index in [2.05, 4.69) is 16.3 Å². The van der Waals surface area contributed by atoms with Crippen LogP contribution in [0.3, 0.4) is 0 Å². The van der Waals surface area contributed by atoms with Crippen molar-refractivity contribution in [2.75, 3.05) is 25.1 Å². The standard InChI is InChI=1S/C21H25N5O2/c1-13-11-19(25-10-9-17(12-25)23-15(3)27)21-22-14(2)20(26(21)24-13)16-5-7-18(28-4)8-6-16/h5-8,11,17H,9-10,12H2,1-4H3,(H,23,27)/t17-/m1/s1. The van der Waals surface area contributed by atoms with Crippen LogP contribution in [-0.2, 0) is 4.79 Å². The minimum Gasteiger partial charge on any atom is -0.497 e. The van der Waals surface area contributed by atoms with Crippen LogP contribution in [0.25, 0.3) is 16.9 Å². The Balaban J connectivity index is 1.77. The maximum absolute atomic E-state index is 11.4. The lowest BCUT2D eigenvalue weighted by atomic mass is 10.1. The molecule has 1 saturated heterocycles. The lowest BCUT2D eigenvalue weighted by Crippen LogP contribution is -2.35. The number of aryl methyl sites for hydroxylation is 2. The van der Waals surface area contributed by atoms with Gasteiger partial charge in [-0.15, -0.1) is 0 Å². The van der Waals surface area contributed by atoms with Crippen LogP contribution >= 0.6 is 0 Å². The topological polar surface area (TPSA) is 71.8 Å². The number of rotatable bonds is 4. The lowest BCUT2D eigenvalue weighted by Gasteiger charge is -2.20. The Morgan fingerprint density at radius 1 is 1.25 bits per heavy atom. The van der Waals surface area contributed by atoms with Gasteiger partial charge in [-0.3, -0.25) is 4.79 Å². The van der Waals surface area contributed by atoms with Crippen LogP contribution in [0.1, 0.15) is 24.7 Å². The zero-order chi connectivity index (χ0) is 19.8. The monoisotopic (exact) mass is 379 g/mol. The predicted molar refractivity (Wildman–Crippen MR) is 109 cm³/mol. The van der Waals surface area contributed by atoms with Gasteiger partial charge in [-0.2, -0.15) is 5.10 Å². The summed E-state index contributed by atoms with van der Waals surface area (Å²) in [6, 6.07) is 10.2. The van der Waals surface area contributed by atoms with Gasteiger partial charge in [-0.1, -0.05) is 0 Å². The number of carbonyl (C=O) groups excluding carboxylic acids is 1. The van der Waals surface area contributed by atoms with Gasteiger partial charge in [0.25, 0.3) is 0 Å². The fourth-order valence-electron chi connectivity index (χ4n) is 3.93. The van der Waals surface area contributed by atoms with Gasteiger partial charge in [0.05, 0.1) is 29.9 Å². The van der Waals surface area contributed by atoms with E-state index in [1.807, 2.05) is 42.6 Å². The van der Waals surface area contributed by atoms with Crippen molar-refractivity contribution in [2.45, 2.75) is 33.2 Å². The molecule has 0 unspecified atom stereocenters. The highest BCUT2D eigenvalue weighted by atomic mass is 16.5. The van der Waals surface area contributed by atoms with Crippen molar-refractivity contribution in [1.82, 2.24) is 19.9 Å². The summed E-state index contributed by atoms with van der Waals surface area (Å²) in [4.78, 5) is 18.5. The number of hydrogen-bond acceptors (Lipinski definition) is 5. The summed E-state index contributed by atoms with van der Waals surface area (Å²) in [5, 5.41) is 7.76. The third kappa shape index (κ3) is 3.28. The van der Waals surface area contributed by atoms with Crippen LogP contribution in [0.5, 0.6) is 5.75 Å². The van der Waals surface area contributed by atoms with Crippen molar-refractivity contribution in [1.29, 1.82) is 0 Å². The molecule has 1 atom stereocenters. The van der Waals surface area contributed by atoms with E-state index in [-0.39, 0.29) is 11.9 Å². The van der Waals surface area contributed by atoms with Crippen molar-refractivity contribution in [3.63, 3.8) is 0 Å². The summed E-state index contributed by atoms with van der Waals surface area (Å²) >= 11 is 0. The lowest BCUT2D eigenvalue weighted by molar-refractivity contribution is -0.119. The molecule has 146 valence electrons. The molecule has 28 heavy (non-hydrogen) atoms. The Bertz CT molecular complexity index is 1030. The zero-order valence-corrected chi connectivity index (χ0v) is 16.7. The number of ether oxygens (including phenoxy) is 1. The summed E-state index contributed by atoms with van der Waals surface area (Å²) in [7, 11) is 1.66. The molecule has 2 aromatic heterocycles. The van der Waals surface area contributed by atoms with Crippen molar-refractivity contribution >= 4 is 17.2 Å². The summed E-state index contributed by atoms with van der Waals surface area (Å²) in [5.41, 5.74) is 5.80. The smallest absolute Gasteiger partial charge is 0.217 e. The number of nitrogens with zero attached hydrogens (tertiary/aromatic N) is 4. The molecule has 0 bridgehead atoms. The molecular formula is C21H25N5O2. The average Bonchev–Trinajstić information content (AvgIpc) is 3.24. The molecule has 7 heteroatoms. The molecule has 1 aromatic carbocycles. The fourth-order valence-corrected chi connectivity index (χ4v) is 3.93. The van der Waals surface area contributed by atoms with Gasteiger partial charge in [-0.05, 0) is 50.6 Å². The van der Waals surface area contributed by atoms with E-state index in [0.29, 0.717) is 0 Å². The fraction of sp³-hybridized carbons (Fsp3) is 0.381. The molecule has 7 nitrogen and oxygen atoms in total. The summed E-state index contributed by atoms with van der Waals surface area (Å²) in [5.74, 6) is 0.836. The number of benzene rings is 1. The molecule has 1 amide bonds. The number of fused-ring (bicyclic) bond motifs is 1. The summed E-state index contributed by atoms with van der Waals surface area (Å²) in [6.07, 6.45) is 0.929. The third-order valence-corrected chi connectivity index (χ3v) is 5.16. The molecule has 1 N–H and O–H groups in total. The molecule has 1 aliphatic rings. The Kier molecular flexibility index (Phi) is 4.66. The molecule has 0 radical (unpaired) electrons. The second-order valence-electron chi connectivity index (χ2n) is 7.31. The Hall–Kier alpha value is -3.09. The quantitative estimate of drug-likeness (QED) is 0.755. The second-order valence-corrected chi connectivity index (χ2v) is 7.31. The molecule has 4 rings (SSSR count). The van der Waals surface area contributed by atoms with E-state index in [1.54, 1.807) is 14.0 Å². The van der Waals surface area contributed by atoms with E-state index >= 15 is 0 Å². The number of anilines is 1. The Labute approximate surface area is 164 Å². The minimum absolute atomic E-state index is 0.0151. The molecule has 3 aromatic rings. The highest BCUT2D eigenvalue weighted by molar-refractivity contribution is 5.77. The van der Waals surface area contributed by atoms with Crippen LogP contribution < -0.4 is 15.0 Å². The van der Waals surface area contributed by atoms with Crippen molar-refractivity contribution in [3.8, 4) is 17.0 Å². The number of imidazole rings is 1. The molecule has 3 heterocycles. The van der Waals surface area contributed by atoms with Crippen LogP contribution in [0.15, 0.2) is 30.3 Å². The molecular weight excluding hydrogens is 354 g/mol. The SMILES string of the molecule is COc1ccc(-c2c(C)nc3c(N4CC[C@@H](NC(C)=O)C4)cc(C)nn23)cc1. The van der Waals surface area contributed by atoms with E-state index in [0.717, 1.165) is 59.2 Å². The first-order valence-corrected chi connectivity index (χ1v) is 9.49. The normalized spacial score (nSPS) is 16.6. The minimum atomic E-state index is 0.0151.